The number of fused-ring (bicyclic) bond motifs is 3. The van der Waals surface area contributed by atoms with Crippen molar-refractivity contribution < 1.29 is 21.9 Å². The summed E-state index contributed by atoms with van der Waals surface area (Å²) in [6, 6.07) is -4.03. The van der Waals surface area contributed by atoms with Crippen LogP contribution in [-0.2, 0) is 0 Å². The highest BCUT2D eigenvalue weighted by Gasteiger charge is 2.14. The predicted octanol–water partition coefficient (Wildman–Crippen LogP) is 8.43. The standard InChI is InChI=1S/C31H23N/c1-22-9-8-14-27(19-22)32-30-17-15-25(23-10-4-2-5-11-23)20-28(30)29-21-26(16-18-31(29)32)24-12-6-3-7-13-24/h2-21H,1H3/i2D,3D,4D,5D,6D,7D,10D,11D,12D,13D,15D,16D,17D,18D,20D,21D. The second kappa shape index (κ2) is 7.55. The summed E-state index contributed by atoms with van der Waals surface area (Å²) in [6.07, 6.45) is 0. The first-order valence-electron chi connectivity index (χ1n) is 17.7. The molecule has 1 nitrogen and oxygen atoms in total. The first kappa shape index (κ1) is 8.44. The van der Waals surface area contributed by atoms with Crippen molar-refractivity contribution in [2.75, 3.05) is 0 Å². The van der Waals surface area contributed by atoms with Crippen molar-refractivity contribution in [2.24, 2.45) is 0 Å². The lowest BCUT2D eigenvalue weighted by molar-refractivity contribution is 1.17. The summed E-state index contributed by atoms with van der Waals surface area (Å²) in [5, 5.41) is -0.442. The summed E-state index contributed by atoms with van der Waals surface area (Å²) >= 11 is 0. The fourth-order valence-corrected chi connectivity index (χ4v) is 3.63. The van der Waals surface area contributed by atoms with E-state index in [2.05, 4.69) is 0 Å². The number of aryl methyl sites for hydroxylation is 1. The van der Waals surface area contributed by atoms with Crippen LogP contribution in [0.25, 0.3) is 49.7 Å². The van der Waals surface area contributed by atoms with Crippen molar-refractivity contribution >= 4 is 21.8 Å². The Kier molecular flexibility index (Phi) is 1.99. The summed E-state index contributed by atoms with van der Waals surface area (Å²) in [4.78, 5) is 0. The van der Waals surface area contributed by atoms with E-state index in [4.69, 9.17) is 19.2 Å². The Labute approximate surface area is 210 Å². The molecule has 6 aromatic rings. The van der Waals surface area contributed by atoms with Crippen molar-refractivity contribution in [1.82, 2.24) is 4.57 Å². The molecule has 0 atom stereocenters. The molecule has 0 aliphatic heterocycles. The van der Waals surface area contributed by atoms with Crippen LogP contribution in [0.2, 0.25) is 0 Å². The van der Waals surface area contributed by atoms with Crippen LogP contribution in [-0.4, -0.2) is 4.57 Å². The van der Waals surface area contributed by atoms with Crippen LogP contribution < -0.4 is 0 Å². The third-order valence-electron chi connectivity index (χ3n) is 5.04. The monoisotopic (exact) mass is 425 g/mol. The zero-order chi connectivity index (χ0) is 35.4. The topological polar surface area (TPSA) is 4.93 Å². The van der Waals surface area contributed by atoms with Gasteiger partial charge in [-0.25, -0.2) is 0 Å². The van der Waals surface area contributed by atoms with E-state index in [1.807, 2.05) is 0 Å². The highest BCUT2D eigenvalue weighted by Crippen LogP contribution is 2.37. The van der Waals surface area contributed by atoms with E-state index in [-0.39, 0.29) is 21.8 Å². The molecular formula is C31H23N. The summed E-state index contributed by atoms with van der Waals surface area (Å²) in [5.74, 6) is 0. The molecule has 0 bridgehead atoms. The van der Waals surface area contributed by atoms with Crippen LogP contribution in [0.3, 0.4) is 0 Å². The Bertz CT molecular complexity index is 2230. The molecule has 0 spiro atoms. The van der Waals surface area contributed by atoms with E-state index >= 15 is 0 Å². The molecule has 0 saturated heterocycles. The number of rotatable bonds is 3. The van der Waals surface area contributed by atoms with Gasteiger partial charge in [-0.1, -0.05) is 84.6 Å². The van der Waals surface area contributed by atoms with Crippen molar-refractivity contribution in [3.8, 4) is 27.9 Å². The van der Waals surface area contributed by atoms with Gasteiger partial charge < -0.3 is 4.57 Å². The van der Waals surface area contributed by atoms with E-state index < -0.39 is 119 Å². The van der Waals surface area contributed by atoms with E-state index in [0.29, 0.717) is 5.69 Å². The third-order valence-corrected chi connectivity index (χ3v) is 5.04. The van der Waals surface area contributed by atoms with Crippen molar-refractivity contribution in [2.45, 2.75) is 6.92 Å². The van der Waals surface area contributed by atoms with Gasteiger partial charge in [-0.05, 0) is 71.0 Å². The molecule has 0 saturated carbocycles. The Hall–Kier alpha value is -4.10. The van der Waals surface area contributed by atoms with E-state index in [9.17, 15) is 2.74 Å². The minimum absolute atomic E-state index is 0.138. The zero-order valence-electron chi connectivity index (χ0n) is 32.8. The maximum Gasteiger partial charge on any atom is 0.0645 e. The molecule has 1 aromatic heterocycles. The van der Waals surface area contributed by atoms with Crippen LogP contribution in [0.4, 0.5) is 0 Å². The van der Waals surface area contributed by atoms with E-state index in [1.54, 1.807) is 31.2 Å². The average Bonchev–Trinajstić information content (AvgIpc) is 3.42. The maximum atomic E-state index is 9.38. The van der Waals surface area contributed by atoms with E-state index in [1.165, 1.54) is 4.57 Å². The molecule has 32 heavy (non-hydrogen) atoms. The predicted molar refractivity (Wildman–Crippen MR) is 136 cm³/mol. The van der Waals surface area contributed by atoms with Crippen LogP contribution in [0.5, 0.6) is 0 Å². The Morgan fingerprint density at radius 3 is 1.62 bits per heavy atom. The minimum atomic E-state index is -0.726. The highest BCUT2D eigenvalue weighted by molar-refractivity contribution is 6.11. The molecule has 0 amide bonds. The lowest BCUT2D eigenvalue weighted by Crippen LogP contribution is -1.94. The second-order valence-corrected chi connectivity index (χ2v) is 7.12. The first-order chi connectivity index (χ1) is 22.4. The summed E-state index contributed by atoms with van der Waals surface area (Å²) in [7, 11) is 0. The lowest BCUT2D eigenvalue weighted by atomic mass is 10.0. The highest BCUT2D eigenvalue weighted by atomic mass is 15.0. The van der Waals surface area contributed by atoms with Crippen molar-refractivity contribution in [1.29, 1.82) is 0 Å². The lowest BCUT2D eigenvalue weighted by Gasteiger charge is -2.09. The quantitative estimate of drug-likeness (QED) is 0.268. The second-order valence-electron chi connectivity index (χ2n) is 7.12. The van der Waals surface area contributed by atoms with Gasteiger partial charge in [-0.2, -0.15) is 0 Å². The van der Waals surface area contributed by atoms with Crippen LogP contribution in [0.1, 0.15) is 27.5 Å². The molecule has 0 unspecified atom stereocenters. The number of nitrogens with zero attached hydrogens (tertiary/aromatic N) is 1. The SMILES string of the molecule is [2H]c1c([2H])c([2H])c(-c2c([2H])c([2H])c3c(c2[2H])c2c([2H])c(-c4c([2H])c([2H])c([2H])c([2H])c4[2H])c([2H])c([2H])c2n3-c2cccc(C)c2)c([2H])c1[2H]. The fraction of sp³-hybridized carbons (Fsp3) is 0.0323. The molecule has 6 rings (SSSR count). The molecular weight excluding hydrogens is 386 g/mol. The largest absolute Gasteiger partial charge is 0.309 e. The third kappa shape index (κ3) is 3.11. The molecule has 5 aromatic carbocycles. The normalized spacial score (nSPS) is 18.3. The van der Waals surface area contributed by atoms with Gasteiger partial charge in [0.1, 0.15) is 0 Å². The van der Waals surface area contributed by atoms with Gasteiger partial charge in [0, 0.05) is 16.5 Å². The molecule has 0 aliphatic rings. The number of hydrogen-bond acceptors (Lipinski definition) is 0. The molecule has 0 N–H and O–H groups in total. The van der Waals surface area contributed by atoms with Crippen molar-refractivity contribution in [3.05, 3.63) is 127 Å². The van der Waals surface area contributed by atoms with Crippen LogP contribution in [0, 0.1) is 6.92 Å². The van der Waals surface area contributed by atoms with Gasteiger partial charge in [0.05, 0.1) is 33.0 Å². The van der Waals surface area contributed by atoms with Gasteiger partial charge in [0.15, 0.2) is 0 Å². The number of benzene rings is 5. The summed E-state index contributed by atoms with van der Waals surface area (Å²) in [5.41, 5.74) is -1.17. The maximum absolute atomic E-state index is 9.38. The Morgan fingerprint density at radius 2 is 1.12 bits per heavy atom. The molecule has 152 valence electrons. The first-order valence-corrected chi connectivity index (χ1v) is 9.74. The summed E-state index contributed by atoms with van der Waals surface area (Å²) in [6.45, 7) is 1.78. The smallest absolute Gasteiger partial charge is 0.0645 e. The number of aromatic nitrogens is 1. The molecule has 0 fully saturated rings. The molecule has 1 heterocycles. The minimum Gasteiger partial charge on any atom is -0.309 e. The van der Waals surface area contributed by atoms with Crippen LogP contribution >= 0.6 is 0 Å². The van der Waals surface area contributed by atoms with Gasteiger partial charge >= 0.3 is 0 Å². The Morgan fingerprint density at radius 1 is 0.594 bits per heavy atom. The van der Waals surface area contributed by atoms with Crippen LogP contribution in [0.15, 0.2) is 121 Å². The molecule has 0 radical (unpaired) electrons. The van der Waals surface area contributed by atoms with Gasteiger partial charge in [-0.3, -0.25) is 0 Å². The average molecular weight is 426 g/mol. The van der Waals surface area contributed by atoms with Gasteiger partial charge in [0.2, 0.25) is 0 Å². The molecule has 1 heteroatoms. The fourth-order valence-electron chi connectivity index (χ4n) is 3.63. The van der Waals surface area contributed by atoms with Gasteiger partial charge in [0.25, 0.3) is 0 Å². The molecule has 0 aliphatic carbocycles. The van der Waals surface area contributed by atoms with Gasteiger partial charge in [-0.15, -0.1) is 0 Å². The van der Waals surface area contributed by atoms with E-state index in [0.717, 1.165) is 5.56 Å². The summed E-state index contributed by atoms with van der Waals surface area (Å²) < 4.78 is 139. The zero-order valence-corrected chi connectivity index (χ0v) is 16.8. The number of hydrogen-bond donors (Lipinski definition) is 0. The Balaban J connectivity index is 1.94. The van der Waals surface area contributed by atoms with Crippen molar-refractivity contribution in [3.63, 3.8) is 0 Å².